The molecule has 5 heteroatoms. The summed E-state index contributed by atoms with van der Waals surface area (Å²) in [5, 5.41) is 2.67. The van der Waals surface area contributed by atoms with Gasteiger partial charge in [-0.25, -0.2) is 9.97 Å². The van der Waals surface area contributed by atoms with Crippen LogP contribution >= 0.6 is 0 Å². The first kappa shape index (κ1) is 10.6. The lowest BCUT2D eigenvalue weighted by atomic mass is 10.3. The highest BCUT2D eigenvalue weighted by Crippen LogP contribution is 1.95. The van der Waals surface area contributed by atoms with Crippen LogP contribution < -0.4 is 11.1 Å². The molecule has 76 valence electrons. The van der Waals surface area contributed by atoms with E-state index in [0.717, 1.165) is 11.4 Å². The van der Waals surface area contributed by atoms with Crippen molar-refractivity contribution in [2.75, 3.05) is 0 Å². The van der Waals surface area contributed by atoms with Crippen LogP contribution in [0, 0.1) is 6.92 Å². The molecule has 3 N–H and O–H groups in total. The van der Waals surface area contributed by atoms with Gasteiger partial charge in [-0.3, -0.25) is 4.79 Å². The van der Waals surface area contributed by atoms with Gasteiger partial charge in [-0.05, 0) is 19.9 Å². The third-order valence-corrected chi connectivity index (χ3v) is 1.72. The first-order chi connectivity index (χ1) is 6.59. The number of nitrogens with two attached hydrogens (primary N) is 1. The first-order valence-corrected chi connectivity index (χ1v) is 4.40. The summed E-state index contributed by atoms with van der Waals surface area (Å²) in [5.74, 6) is -0.179. The van der Waals surface area contributed by atoms with Gasteiger partial charge in [-0.2, -0.15) is 0 Å². The zero-order chi connectivity index (χ0) is 10.6. The Kier molecular flexibility index (Phi) is 3.53. The van der Waals surface area contributed by atoms with E-state index in [1.165, 1.54) is 6.33 Å². The Hall–Kier alpha value is -1.49. The molecular weight excluding hydrogens is 180 g/mol. The molecule has 5 nitrogen and oxygen atoms in total. The normalized spacial score (nSPS) is 12.2. The van der Waals surface area contributed by atoms with Crippen LogP contribution in [-0.4, -0.2) is 21.9 Å². The van der Waals surface area contributed by atoms with E-state index in [-0.39, 0.29) is 5.91 Å². The lowest BCUT2D eigenvalue weighted by Gasteiger charge is -2.06. The Morgan fingerprint density at radius 1 is 1.64 bits per heavy atom. The van der Waals surface area contributed by atoms with Crippen LogP contribution in [0.1, 0.15) is 18.3 Å². The van der Waals surface area contributed by atoms with Gasteiger partial charge in [-0.15, -0.1) is 0 Å². The van der Waals surface area contributed by atoms with Crippen molar-refractivity contribution in [3.05, 3.63) is 23.8 Å². The minimum atomic E-state index is -0.488. The molecule has 0 bridgehead atoms. The van der Waals surface area contributed by atoms with E-state index < -0.39 is 6.04 Å². The standard InChI is InChI=1S/C9H14N4O/c1-6-3-8(13-5-12-6)4-11-9(14)7(2)10/h3,5,7H,4,10H2,1-2H3,(H,11,14). The SMILES string of the molecule is Cc1cc(CNC(=O)C(C)N)ncn1. The van der Waals surface area contributed by atoms with Gasteiger partial charge in [0.25, 0.3) is 0 Å². The third kappa shape index (κ3) is 3.10. The molecule has 0 fully saturated rings. The number of aromatic nitrogens is 2. The summed E-state index contributed by atoms with van der Waals surface area (Å²) >= 11 is 0. The van der Waals surface area contributed by atoms with E-state index in [1.807, 2.05) is 13.0 Å². The molecule has 0 spiro atoms. The van der Waals surface area contributed by atoms with Gasteiger partial charge in [0.1, 0.15) is 6.33 Å². The van der Waals surface area contributed by atoms with Gasteiger partial charge in [0.15, 0.2) is 0 Å². The average molecular weight is 194 g/mol. The highest BCUT2D eigenvalue weighted by Gasteiger charge is 2.06. The summed E-state index contributed by atoms with van der Waals surface area (Å²) in [4.78, 5) is 19.1. The van der Waals surface area contributed by atoms with Gasteiger partial charge in [0, 0.05) is 5.69 Å². The summed E-state index contributed by atoms with van der Waals surface area (Å²) in [6.07, 6.45) is 1.47. The molecule has 1 amide bonds. The number of hydrogen-bond donors (Lipinski definition) is 2. The van der Waals surface area contributed by atoms with Gasteiger partial charge < -0.3 is 11.1 Å². The second kappa shape index (κ2) is 4.66. The Labute approximate surface area is 82.7 Å². The number of carbonyl (C=O) groups is 1. The van der Waals surface area contributed by atoms with Crippen molar-refractivity contribution < 1.29 is 4.79 Å². The van der Waals surface area contributed by atoms with Crippen molar-refractivity contribution in [3.8, 4) is 0 Å². The smallest absolute Gasteiger partial charge is 0.236 e. The molecule has 0 aliphatic rings. The van der Waals surface area contributed by atoms with E-state index in [0.29, 0.717) is 6.54 Å². The van der Waals surface area contributed by atoms with E-state index in [2.05, 4.69) is 15.3 Å². The minimum absolute atomic E-state index is 0.179. The molecule has 1 atom stereocenters. The largest absolute Gasteiger partial charge is 0.349 e. The van der Waals surface area contributed by atoms with Crippen LogP contribution in [0.4, 0.5) is 0 Å². The molecular formula is C9H14N4O. The van der Waals surface area contributed by atoms with Crippen LogP contribution in [0.25, 0.3) is 0 Å². The highest BCUT2D eigenvalue weighted by atomic mass is 16.2. The van der Waals surface area contributed by atoms with E-state index in [1.54, 1.807) is 6.92 Å². The van der Waals surface area contributed by atoms with Gasteiger partial charge >= 0.3 is 0 Å². The van der Waals surface area contributed by atoms with E-state index >= 15 is 0 Å². The number of amides is 1. The topological polar surface area (TPSA) is 80.9 Å². The van der Waals surface area contributed by atoms with Crippen LogP contribution in [0.2, 0.25) is 0 Å². The first-order valence-electron chi connectivity index (χ1n) is 4.40. The van der Waals surface area contributed by atoms with Crippen molar-refractivity contribution in [1.82, 2.24) is 15.3 Å². The van der Waals surface area contributed by atoms with Gasteiger partial charge in [0.2, 0.25) is 5.91 Å². The molecule has 1 unspecified atom stereocenters. The predicted octanol–water partition coefficient (Wildman–Crippen LogP) is -0.252. The summed E-state index contributed by atoms with van der Waals surface area (Å²) in [5.41, 5.74) is 7.05. The summed E-state index contributed by atoms with van der Waals surface area (Å²) in [6, 6.07) is 1.33. The molecule has 0 aromatic carbocycles. The monoisotopic (exact) mass is 194 g/mol. The maximum Gasteiger partial charge on any atom is 0.236 e. The third-order valence-electron chi connectivity index (χ3n) is 1.72. The fourth-order valence-corrected chi connectivity index (χ4v) is 0.945. The minimum Gasteiger partial charge on any atom is -0.349 e. The second-order valence-electron chi connectivity index (χ2n) is 3.16. The fourth-order valence-electron chi connectivity index (χ4n) is 0.945. The Morgan fingerprint density at radius 2 is 2.36 bits per heavy atom. The summed E-state index contributed by atoms with van der Waals surface area (Å²) in [6.45, 7) is 3.91. The van der Waals surface area contributed by atoms with Gasteiger partial charge in [0.05, 0.1) is 18.3 Å². The molecule has 1 rings (SSSR count). The van der Waals surface area contributed by atoms with Crippen LogP contribution in [-0.2, 0) is 11.3 Å². The van der Waals surface area contributed by atoms with Crippen molar-refractivity contribution in [2.24, 2.45) is 5.73 Å². The second-order valence-corrected chi connectivity index (χ2v) is 3.16. The maximum atomic E-state index is 11.1. The Balaban J connectivity index is 2.50. The van der Waals surface area contributed by atoms with E-state index in [4.69, 9.17) is 5.73 Å². The number of nitrogens with one attached hydrogen (secondary N) is 1. The quantitative estimate of drug-likeness (QED) is 0.695. The molecule has 1 heterocycles. The summed E-state index contributed by atoms with van der Waals surface area (Å²) in [7, 11) is 0. The zero-order valence-corrected chi connectivity index (χ0v) is 8.32. The number of carbonyl (C=O) groups excluding carboxylic acids is 1. The van der Waals surface area contributed by atoms with Crippen LogP contribution in [0.15, 0.2) is 12.4 Å². The molecule has 0 aliphatic heterocycles. The Bertz CT molecular complexity index is 324. The van der Waals surface area contributed by atoms with E-state index in [9.17, 15) is 4.79 Å². The number of hydrogen-bond acceptors (Lipinski definition) is 4. The lowest BCUT2D eigenvalue weighted by molar-refractivity contribution is -0.122. The number of nitrogens with zero attached hydrogens (tertiary/aromatic N) is 2. The summed E-state index contributed by atoms with van der Waals surface area (Å²) < 4.78 is 0. The fraction of sp³-hybridized carbons (Fsp3) is 0.444. The van der Waals surface area contributed by atoms with Crippen molar-refractivity contribution in [1.29, 1.82) is 0 Å². The molecule has 1 aromatic heterocycles. The Morgan fingerprint density at radius 3 is 2.93 bits per heavy atom. The van der Waals surface area contributed by atoms with Crippen LogP contribution in [0.5, 0.6) is 0 Å². The van der Waals surface area contributed by atoms with Crippen molar-refractivity contribution in [3.63, 3.8) is 0 Å². The molecule has 14 heavy (non-hydrogen) atoms. The average Bonchev–Trinajstić information content (AvgIpc) is 2.14. The highest BCUT2D eigenvalue weighted by molar-refractivity contribution is 5.80. The molecule has 0 saturated heterocycles. The van der Waals surface area contributed by atoms with Gasteiger partial charge in [-0.1, -0.05) is 0 Å². The number of aryl methyl sites for hydroxylation is 1. The lowest BCUT2D eigenvalue weighted by Crippen LogP contribution is -2.37. The number of rotatable bonds is 3. The van der Waals surface area contributed by atoms with Crippen molar-refractivity contribution in [2.45, 2.75) is 26.4 Å². The van der Waals surface area contributed by atoms with Crippen molar-refractivity contribution >= 4 is 5.91 Å². The molecule has 0 aliphatic carbocycles. The molecule has 1 aromatic rings. The molecule has 0 radical (unpaired) electrons. The molecule has 0 saturated carbocycles. The van der Waals surface area contributed by atoms with Crippen LogP contribution in [0.3, 0.4) is 0 Å². The zero-order valence-electron chi connectivity index (χ0n) is 8.32. The predicted molar refractivity (Wildman–Crippen MR) is 52.3 cm³/mol. The maximum absolute atomic E-state index is 11.1.